The first kappa shape index (κ1) is 20.0. The van der Waals surface area contributed by atoms with E-state index in [1.807, 2.05) is 25.1 Å². The van der Waals surface area contributed by atoms with Gasteiger partial charge in [0.25, 0.3) is 5.91 Å². The second-order valence-electron chi connectivity index (χ2n) is 5.43. The number of methoxy groups -OCH3 is 2. The van der Waals surface area contributed by atoms with Gasteiger partial charge >= 0.3 is 5.97 Å². The molecule has 2 aromatic rings. The van der Waals surface area contributed by atoms with Crippen LogP contribution in [0.4, 0.5) is 10.1 Å². The summed E-state index contributed by atoms with van der Waals surface area (Å²) in [4.78, 5) is 23.6. The number of carbonyl (C=O) groups excluding carboxylic acids is 2. The number of amides is 1. The minimum atomic E-state index is -0.677. The van der Waals surface area contributed by atoms with Crippen LogP contribution in [0.5, 0.6) is 11.5 Å². The molecule has 0 saturated carbocycles. The molecule has 0 aliphatic rings. The van der Waals surface area contributed by atoms with Crippen LogP contribution in [0.15, 0.2) is 42.5 Å². The quantitative estimate of drug-likeness (QED) is 0.750. The van der Waals surface area contributed by atoms with Crippen molar-refractivity contribution in [3.63, 3.8) is 0 Å². The van der Waals surface area contributed by atoms with Gasteiger partial charge in [-0.15, -0.1) is 0 Å². The molecule has 0 radical (unpaired) electrons. The lowest BCUT2D eigenvalue weighted by Gasteiger charge is -2.12. The van der Waals surface area contributed by atoms with E-state index in [0.717, 1.165) is 11.6 Å². The second kappa shape index (κ2) is 9.38. The number of nitrogens with one attached hydrogen (secondary N) is 1. The van der Waals surface area contributed by atoms with E-state index < -0.39 is 17.7 Å². The average Bonchev–Trinajstić information content (AvgIpc) is 2.68. The topological polar surface area (TPSA) is 73.9 Å². The largest absolute Gasteiger partial charge is 0.493 e. The van der Waals surface area contributed by atoms with Crippen LogP contribution in [-0.2, 0) is 9.53 Å². The number of anilines is 1. The highest BCUT2D eigenvalue weighted by Gasteiger charge is 2.13. The molecule has 2 rings (SSSR count). The third-order valence-corrected chi connectivity index (χ3v) is 3.57. The molecule has 7 heteroatoms. The van der Waals surface area contributed by atoms with Gasteiger partial charge in [0, 0.05) is 0 Å². The van der Waals surface area contributed by atoms with Gasteiger partial charge in [-0.3, -0.25) is 4.79 Å². The van der Waals surface area contributed by atoms with Gasteiger partial charge in [-0.25, -0.2) is 9.18 Å². The molecule has 0 bridgehead atoms. The molecule has 2 aromatic carbocycles. The van der Waals surface area contributed by atoms with E-state index in [2.05, 4.69) is 10.1 Å². The lowest BCUT2D eigenvalue weighted by atomic mass is 10.2. The van der Waals surface area contributed by atoms with Crippen molar-refractivity contribution in [3.8, 4) is 11.5 Å². The van der Waals surface area contributed by atoms with Crippen molar-refractivity contribution in [2.24, 2.45) is 0 Å². The van der Waals surface area contributed by atoms with Gasteiger partial charge in [0.1, 0.15) is 5.82 Å². The number of hydrogen-bond donors (Lipinski definition) is 1. The van der Waals surface area contributed by atoms with Crippen LogP contribution in [0.25, 0.3) is 6.08 Å². The Morgan fingerprint density at radius 3 is 2.56 bits per heavy atom. The van der Waals surface area contributed by atoms with Crippen LogP contribution >= 0.6 is 0 Å². The molecule has 0 fully saturated rings. The number of esters is 1. The van der Waals surface area contributed by atoms with E-state index in [9.17, 15) is 14.0 Å². The predicted octanol–water partition coefficient (Wildman–Crippen LogP) is 3.67. The van der Waals surface area contributed by atoms with E-state index in [1.54, 1.807) is 12.1 Å². The molecule has 27 heavy (non-hydrogen) atoms. The zero-order valence-corrected chi connectivity index (χ0v) is 15.2. The van der Waals surface area contributed by atoms with Crippen molar-refractivity contribution in [2.75, 3.05) is 26.1 Å². The highest BCUT2D eigenvalue weighted by Crippen LogP contribution is 2.28. The summed E-state index contributed by atoms with van der Waals surface area (Å²) in [6.45, 7) is 1.54. The minimum Gasteiger partial charge on any atom is -0.493 e. The van der Waals surface area contributed by atoms with Gasteiger partial charge in [0.05, 0.1) is 25.5 Å². The zero-order chi connectivity index (χ0) is 19.8. The first-order valence-electron chi connectivity index (χ1n) is 8.09. The number of ether oxygens (including phenoxy) is 3. The summed E-state index contributed by atoms with van der Waals surface area (Å²) in [5.41, 5.74) is 0.908. The number of hydrogen-bond acceptors (Lipinski definition) is 5. The number of rotatable bonds is 7. The Bertz CT molecular complexity index is 863. The summed E-state index contributed by atoms with van der Waals surface area (Å²) in [5, 5.41) is 2.37. The van der Waals surface area contributed by atoms with Gasteiger partial charge in [-0.2, -0.15) is 0 Å². The maximum absolute atomic E-state index is 13.9. The van der Waals surface area contributed by atoms with E-state index >= 15 is 0 Å². The first-order chi connectivity index (χ1) is 13.0. The molecule has 6 nitrogen and oxygen atoms in total. The second-order valence-corrected chi connectivity index (χ2v) is 5.43. The Kier molecular flexibility index (Phi) is 6.93. The van der Waals surface area contributed by atoms with Crippen molar-refractivity contribution in [1.29, 1.82) is 0 Å². The normalized spacial score (nSPS) is 10.5. The van der Waals surface area contributed by atoms with Gasteiger partial charge in [-0.05, 0) is 42.8 Å². The van der Waals surface area contributed by atoms with Crippen LogP contribution in [0.3, 0.4) is 0 Å². The molecule has 0 atom stereocenters. The molecule has 1 amide bonds. The van der Waals surface area contributed by atoms with E-state index in [0.29, 0.717) is 11.5 Å². The van der Waals surface area contributed by atoms with E-state index in [-0.39, 0.29) is 17.9 Å². The molecule has 0 unspecified atom stereocenters. The third-order valence-electron chi connectivity index (χ3n) is 3.57. The molecule has 0 spiro atoms. The molecule has 1 N–H and O–H groups in total. The van der Waals surface area contributed by atoms with Crippen LogP contribution < -0.4 is 14.8 Å². The Morgan fingerprint density at radius 1 is 1.11 bits per heavy atom. The Labute approximate surface area is 156 Å². The van der Waals surface area contributed by atoms with Crippen molar-refractivity contribution < 1.29 is 28.2 Å². The van der Waals surface area contributed by atoms with Crippen LogP contribution in [0, 0.1) is 5.82 Å². The zero-order valence-electron chi connectivity index (χ0n) is 15.2. The highest BCUT2D eigenvalue weighted by atomic mass is 19.1. The summed E-state index contributed by atoms with van der Waals surface area (Å²) in [6.07, 6.45) is 3.79. The van der Waals surface area contributed by atoms with Gasteiger partial charge in [0.2, 0.25) is 0 Å². The van der Waals surface area contributed by atoms with Crippen molar-refractivity contribution in [1.82, 2.24) is 0 Å². The summed E-state index contributed by atoms with van der Waals surface area (Å²) >= 11 is 0. The van der Waals surface area contributed by atoms with E-state index in [4.69, 9.17) is 9.47 Å². The fourth-order valence-corrected chi connectivity index (χ4v) is 2.30. The summed E-state index contributed by atoms with van der Waals surface area (Å²) in [7, 11) is 2.71. The average molecular weight is 373 g/mol. The van der Waals surface area contributed by atoms with Crippen LogP contribution in [0.2, 0.25) is 0 Å². The number of allylic oxidation sites excluding steroid dienone is 1. The van der Waals surface area contributed by atoms with Gasteiger partial charge in [-0.1, -0.05) is 18.2 Å². The van der Waals surface area contributed by atoms with Crippen molar-refractivity contribution in [2.45, 2.75) is 6.92 Å². The molecule has 0 aliphatic carbocycles. The van der Waals surface area contributed by atoms with E-state index in [1.165, 1.54) is 26.4 Å². The Morgan fingerprint density at radius 2 is 1.89 bits per heavy atom. The van der Waals surface area contributed by atoms with Crippen LogP contribution in [0.1, 0.15) is 22.8 Å². The number of benzene rings is 2. The molecule has 0 heterocycles. The number of halogens is 1. The third kappa shape index (κ3) is 5.31. The van der Waals surface area contributed by atoms with Crippen molar-refractivity contribution in [3.05, 3.63) is 59.4 Å². The molecular weight excluding hydrogens is 353 g/mol. The molecule has 142 valence electrons. The summed E-state index contributed by atoms with van der Waals surface area (Å²) < 4.78 is 29.2. The van der Waals surface area contributed by atoms with Crippen LogP contribution in [-0.4, -0.2) is 32.7 Å². The fraction of sp³-hybridized carbons (Fsp3) is 0.200. The predicted molar refractivity (Wildman–Crippen MR) is 99.6 cm³/mol. The van der Waals surface area contributed by atoms with Gasteiger partial charge in [0.15, 0.2) is 18.1 Å². The Balaban J connectivity index is 2.06. The molecule has 0 aliphatic heterocycles. The van der Waals surface area contributed by atoms with Crippen molar-refractivity contribution >= 4 is 23.6 Å². The summed E-state index contributed by atoms with van der Waals surface area (Å²) in [5.74, 6) is -1.05. The molecule has 0 aromatic heterocycles. The maximum Gasteiger partial charge on any atom is 0.337 e. The lowest BCUT2D eigenvalue weighted by molar-refractivity contribution is -0.118. The fourth-order valence-electron chi connectivity index (χ4n) is 2.30. The Hall–Kier alpha value is -3.35. The van der Waals surface area contributed by atoms with Gasteiger partial charge < -0.3 is 19.5 Å². The lowest BCUT2D eigenvalue weighted by Crippen LogP contribution is -2.21. The maximum atomic E-state index is 13.9. The summed E-state index contributed by atoms with van der Waals surface area (Å²) in [6, 6.07) is 8.81. The number of carbonyl (C=O) groups is 2. The standard InChI is InChI=1S/C20H20FNO5/c1-4-5-13-6-9-17(18(10-13)25-2)27-12-19(23)22-16-11-14(20(24)26-3)7-8-15(16)21/h4-11H,12H2,1-3H3,(H,22,23)/b5-4+. The minimum absolute atomic E-state index is 0.122. The smallest absolute Gasteiger partial charge is 0.337 e. The first-order valence-corrected chi connectivity index (χ1v) is 8.09. The SMILES string of the molecule is C/C=C/c1ccc(OCC(=O)Nc2cc(C(=O)OC)ccc2F)c(OC)c1. The monoisotopic (exact) mass is 373 g/mol. The molecule has 0 saturated heterocycles. The highest BCUT2D eigenvalue weighted by molar-refractivity contribution is 5.95. The molecular formula is C20H20FNO5.